The highest BCUT2D eigenvalue weighted by Crippen LogP contribution is 2.32. The van der Waals surface area contributed by atoms with E-state index >= 15 is 0 Å². The van der Waals surface area contributed by atoms with E-state index in [0.717, 1.165) is 5.92 Å². The Morgan fingerprint density at radius 3 is 2.92 bits per heavy atom. The van der Waals surface area contributed by atoms with Gasteiger partial charge in [0.2, 0.25) is 0 Å². The summed E-state index contributed by atoms with van der Waals surface area (Å²) in [6, 6.07) is 4.78. The average molecular weight is 176 g/mol. The number of pyridine rings is 1. The Bertz CT molecular complexity index is 271. The van der Waals surface area contributed by atoms with Gasteiger partial charge in [-0.25, -0.2) is 0 Å². The van der Waals surface area contributed by atoms with Crippen molar-refractivity contribution < 1.29 is 0 Å². The van der Waals surface area contributed by atoms with Gasteiger partial charge in [-0.3, -0.25) is 9.88 Å². The number of likely N-dealkylation sites (tertiary alicyclic amines) is 1. The second-order valence-electron chi connectivity index (χ2n) is 4.08. The summed E-state index contributed by atoms with van der Waals surface area (Å²) < 4.78 is 0. The maximum atomic E-state index is 4.16. The molecule has 1 aliphatic rings. The third kappa shape index (κ3) is 1.73. The molecule has 1 aromatic heterocycles. The first-order valence-electron chi connectivity index (χ1n) is 4.87. The van der Waals surface area contributed by atoms with Crippen molar-refractivity contribution in [2.24, 2.45) is 5.92 Å². The van der Waals surface area contributed by atoms with E-state index < -0.39 is 0 Å². The third-order valence-corrected chi connectivity index (χ3v) is 2.83. The molecule has 0 unspecified atom stereocenters. The lowest BCUT2D eigenvalue weighted by atomic mass is 10.0. The minimum Gasteiger partial charge on any atom is -0.299 e. The van der Waals surface area contributed by atoms with Gasteiger partial charge in [0.05, 0.1) is 0 Å². The van der Waals surface area contributed by atoms with E-state index in [4.69, 9.17) is 0 Å². The van der Waals surface area contributed by atoms with Gasteiger partial charge < -0.3 is 0 Å². The predicted octanol–water partition coefficient (Wildman–Crippen LogP) is 2.09. The van der Waals surface area contributed by atoms with Crippen LogP contribution in [0.5, 0.6) is 0 Å². The normalized spacial score (nSPS) is 29.4. The zero-order chi connectivity index (χ0) is 9.26. The molecule has 2 heteroatoms. The minimum absolute atomic E-state index is 0.587. The lowest BCUT2D eigenvalue weighted by molar-refractivity contribution is 0.314. The minimum atomic E-state index is 0.587. The molecule has 1 fully saturated rings. The Morgan fingerprint density at radius 2 is 2.38 bits per heavy atom. The summed E-state index contributed by atoms with van der Waals surface area (Å²) in [6.45, 7) is 3.52. The molecule has 0 radical (unpaired) electrons. The fraction of sp³-hybridized carbons (Fsp3) is 0.545. The van der Waals surface area contributed by atoms with Crippen LogP contribution in [-0.4, -0.2) is 23.5 Å². The van der Waals surface area contributed by atoms with Gasteiger partial charge in [-0.15, -0.1) is 0 Å². The van der Waals surface area contributed by atoms with Crippen LogP contribution in [0.4, 0.5) is 0 Å². The molecule has 0 aliphatic carbocycles. The molecule has 0 spiro atoms. The van der Waals surface area contributed by atoms with E-state index in [1.807, 2.05) is 18.5 Å². The summed E-state index contributed by atoms with van der Waals surface area (Å²) in [6.07, 6.45) is 5.09. The summed E-state index contributed by atoms with van der Waals surface area (Å²) in [7, 11) is 2.20. The molecule has 0 saturated carbocycles. The first-order chi connectivity index (χ1) is 6.27. The molecule has 1 saturated heterocycles. The molecule has 1 aromatic rings. The monoisotopic (exact) mass is 176 g/mol. The average Bonchev–Trinajstić information content (AvgIpc) is 2.47. The van der Waals surface area contributed by atoms with E-state index in [9.17, 15) is 0 Å². The van der Waals surface area contributed by atoms with Crippen molar-refractivity contribution in [3.05, 3.63) is 30.1 Å². The van der Waals surface area contributed by atoms with E-state index in [-0.39, 0.29) is 0 Å². The van der Waals surface area contributed by atoms with Crippen LogP contribution in [0, 0.1) is 5.92 Å². The third-order valence-electron chi connectivity index (χ3n) is 2.83. The van der Waals surface area contributed by atoms with Crippen molar-refractivity contribution in [1.29, 1.82) is 0 Å². The maximum Gasteiger partial charge on any atom is 0.0363 e. The van der Waals surface area contributed by atoms with Crippen molar-refractivity contribution in [1.82, 2.24) is 9.88 Å². The van der Waals surface area contributed by atoms with Crippen LogP contribution in [0.15, 0.2) is 24.5 Å². The number of rotatable bonds is 1. The Hall–Kier alpha value is -0.890. The molecule has 0 N–H and O–H groups in total. The first kappa shape index (κ1) is 8.70. The molecule has 2 rings (SSSR count). The van der Waals surface area contributed by atoms with Crippen molar-refractivity contribution in [3.8, 4) is 0 Å². The Kier molecular flexibility index (Phi) is 2.32. The van der Waals surface area contributed by atoms with Crippen molar-refractivity contribution in [3.63, 3.8) is 0 Å². The summed E-state index contributed by atoms with van der Waals surface area (Å²) >= 11 is 0. The molecule has 2 heterocycles. The number of hydrogen-bond donors (Lipinski definition) is 0. The smallest absolute Gasteiger partial charge is 0.0363 e. The van der Waals surface area contributed by atoms with Gasteiger partial charge >= 0.3 is 0 Å². The summed E-state index contributed by atoms with van der Waals surface area (Å²) in [5, 5.41) is 0. The number of nitrogens with zero attached hydrogens (tertiary/aromatic N) is 2. The van der Waals surface area contributed by atoms with Gasteiger partial charge in [0, 0.05) is 25.0 Å². The summed E-state index contributed by atoms with van der Waals surface area (Å²) in [5.74, 6) is 0.815. The second kappa shape index (κ2) is 3.46. The van der Waals surface area contributed by atoms with Gasteiger partial charge in [-0.1, -0.05) is 13.0 Å². The largest absolute Gasteiger partial charge is 0.299 e. The molecular formula is C11H16N2. The summed E-state index contributed by atoms with van der Waals surface area (Å²) in [5.41, 5.74) is 1.36. The van der Waals surface area contributed by atoms with Crippen molar-refractivity contribution >= 4 is 0 Å². The van der Waals surface area contributed by atoms with Crippen LogP contribution in [0.25, 0.3) is 0 Å². The zero-order valence-corrected chi connectivity index (χ0v) is 8.27. The SMILES string of the molecule is C[C@@H]1C[C@@H](c2cccnc2)N(C)C1. The van der Waals surface area contributed by atoms with Crippen LogP contribution in [0.3, 0.4) is 0 Å². The quantitative estimate of drug-likeness (QED) is 0.651. The molecule has 0 aromatic carbocycles. The zero-order valence-electron chi connectivity index (χ0n) is 8.27. The predicted molar refractivity (Wildman–Crippen MR) is 53.4 cm³/mol. The van der Waals surface area contributed by atoms with Crippen LogP contribution < -0.4 is 0 Å². The Balaban J connectivity index is 2.18. The highest BCUT2D eigenvalue weighted by molar-refractivity contribution is 5.15. The lowest BCUT2D eigenvalue weighted by Crippen LogP contribution is -2.18. The topological polar surface area (TPSA) is 16.1 Å². The van der Waals surface area contributed by atoms with Crippen LogP contribution in [0.2, 0.25) is 0 Å². The number of aromatic nitrogens is 1. The van der Waals surface area contributed by atoms with E-state index in [1.54, 1.807) is 0 Å². The second-order valence-corrected chi connectivity index (χ2v) is 4.08. The van der Waals surface area contributed by atoms with Gasteiger partial charge in [0.15, 0.2) is 0 Å². The standard InChI is InChI=1S/C11H16N2/c1-9-6-11(13(2)8-9)10-4-3-5-12-7-10/h3-5,7,9,11H,6,8H2,1-2H3/t9-,11+/m1/s1. The maximum absolute atomic E-state index is 4.16. The van der Waals surface area contributed by atoms with Crippen molar-refractivity contribution in [2.75, 3.05) is 13.6 Å². The molecule has 13 heavy (non-hydrogen) atoms. The highest BCUT2D eigenvalue weighted by Gasteiger charge is 2.27. The molecule has 1 aliphatic heterocycles. The van der Waals surface area contributed by atoms with E-state index in [0.29, 0.717) is 6.04 Å². The van der Waals surface area contributed by atoms with Gasteiger partial charge in [-0.05, 0) is 31.0 Å². The summed E-state index contributed by atoms with van der Waals surface area (Å²) in [4.78, 5) is 6.58. The molecule has 2 atom stereocenters. The first-order valence-corrected chi connectivity index (χ1v) is 4.87. The van der Waals surface area contributed by atoms with Gasteiger partial charge in [0.1, 0.15) is 0 Å². The van der Waals surface area contributed by atoms with E-state index in [1.165, 1.54) is 18.5 Å². The van der Waals surface area contributed by atoms with E-state index in [2.05, 4.69) is 29.9 Å². The Labute approximate surface area is 79.6 Å². The molecule has 0 bridgehead atoms. The fourth-order valence-corrected chi connectivity index (χ4v) is 2.22. The van der Waals surface area contributed by atoms with Crippen LogP contribution >= 0.6 is 0 Å². The Morgan fingerprint density at radius 1 is 1.54 bits per heavy atom. The molecule has 2 nitrogen and oxygen atoms in total. The lowest BCUT2D eigenvalue weighted by Gasteiger charge is -2.18. The molecule has 0 amide bonds. The highest BCUT2D eigenvalue weighted by atomic mass is 15.2. The van der Waals surface area contributed by atoms with Crippen LogP contribution in [-0.2, 0) is 0 Å². The van der Waals surface area contributed by atoms with Gasteiger partial charge in [0.25, 0.3) is 0 Å². The molecule has 70 valence electrons. The van der Waals surface area contributed by atoms with Gasteiger partial charge in [-0.2, -0.15) is 0 Å². The van der Waals surface area contributed by atoms with Crippen LogP contribution in [0.1, 0.15) is 24.9 Å². The molecular weight excluding hydrogens is 160 g/mol. The number of hydrogen-bond acceptors (Lipinski definition) is 2. The fourth-order valence-electron chi connectivity index (χ4n) is 2.22. The van der Waals surface area contributed by atoms with Crippen molar-refractivity contribution in [2.45, 2.75) is 19.4 Å².